The number of benzene rings is 1. The van der Waals surface area contributed by atoms with Crippen LogP contribution in [-0.4, -0.2) is 30.4 Å². The zero-order valence-electron chi connectivity index (χ0n) is 15.6. The lowest BCUT2D eigenvalue weighted by Gasteiger charge is -2.22. The summed E-state index contributed by atoms with van der Waals surface area (Å²) >= 11 is 0. The van der Waals surface area contributed by atoms with E-state index < -0.39 is 27.7 Å². The van der Waals surface area contributed by atoms with Gasteiger partial charge in [-0.3, -0.25) is 9.48 Å². The minimum atomic E-state index is -3.45. The normalized spacial score (nSPS) is 15.7. The molecule has 1 aliphatic carbocycles. The molecule has 1 aromatic carbocycles. The molecule has 28 heavy (non-hydrogen) atoms. The van der Waals surface area contributed by atoms with Gasteiger partial charge in [0.05, 0.1) is 16.7 Å². The third-order valence-corrected chi connectivity index (χ3v) is 6.10. The predicted octanol–water partition coefficient (Wildman–Crippen LogP) is 4.06. The molecule has 1 amide bonds. The number of halogens is 2. The van der Waals surface area contributed by atoms with E-state index in [1.807, 2.05) is 0 Å². The van der Waals surface area contributed by atoms with E-state index in [-0.39, 0.29) is 16.3 Å². The molecule has 1 aliphatic rings. The van der Waals surface area contributed by atoms with Crippen molar-refractivity contribution in [3.05, 3.63) is 41.7 Å². The van der Waals surface area contributed by atoms with Crippen LogP contribution in [0.4, 0.5) is 14.5 Å². The summed E-state index contributed by atoms with van der Waals surface area (Å²) in [5.41, 5.74) is -0.378. The molecule has 1 N–H and O–H groups in total. The van der Waals surface area contributed by atoms with Gasteiger partial charge in [-0.25, -0.2) is 17.2 Å². The average molecular weight is 411 g/mol. The molecule has 0 aliphatic heterocycles. The first-order valence-electron chi connectivity index (χ1n) is 9.21. The molecule has 1 aromatic heterocycles. The van der Waals surface area contributed by atoms with Crippen LogP contribution in [0.2, 0.25) is 0 Å². The molecular formula is C19H23F2N3O3S. The Morgan fingerprint density at radius 3 is 2.64 bits per heavy atom. The summed E-state index contributed by atoms with van der Waals surface area (Å²) in [5.74, 6) is -0.423. The topological polar surface area (TPSA) is 81.1 Å². The fourth-order valence-corrected chi connectivity index (χ4v) is 4.22. The van der Waals surface area contributed by atoms with Crippen LogP contribution in [0.15, 0.2) is 35.4 Å². The first-order valence-corrected chi connectivity index (χ1v) is 11.1. The minimum Gasteiger partial charge on any atom is -0.321 e. The molecule has 9 heteroatoms. The number of amides is 1. The fourth-order valence-electron chi connectivity index (χ4n) is 3.56. The summed E-state index contributed by atoms with van der Waals surface area (Å²) < 4.78 is 51.6. The molecule has 1 fully saturated rings. The van der Waals surface area contributed by atoms with E-state index in [2.05, 4.69) is 10.4 Å². The van der Waals surface area contributed by atoms with Crippen molar-refractivity contribution in [1.29, 1.82) is 0 Å². The number of aromatic nitrogens is 2. The van der Waals surface area contributed by atoms with Crippen molar-refractivity contribution in [1.82, 2.24) is 9.78 Å². The van der Waals surface area contributed by atoms with E-state index in [0.29, 0.717) is 12.5 Å². The minimum absolute atomic E-state index is 0.0371. The van der Waals surface area contributed by atoms with Gasteiger partial charge >= 0.3 is 0 Å². The van der Waals surface area contributed by atoms with Gasteiger partial charge in [-0.05, 0) is 37.0 Å². The Morgan fingerprint density at radius 1 is 1.29 bits per heavy atom. The SMILES string of the molecule is CS(=O)(=O)c1cccc(NC(=O)c2c(C(F)F)cnn2CC2CCCCC2)c1. The van der Waals surface area contributed by atoms with E-state index in [1.165, 1.54) is 35.4 Å². The number of rotatable bonds is 6. The van der Waals surface area contributed by atoms with Crippen LogP contribution < -0.4 is 5.32 Å². The number of anilines is 1. The molecule has 152 valence electrons. The van der Waals surface area contributed by atoms with Crippen molar-refractivity contribution in [2.24, 2.45) is 5.92 Å². The Kier molecular flexibility index (Phi) is 6.12. The molecule has 0 radical (unpaired) electrons. The van der Waals surface area contributed by atoms with Gasteiger partial charge in [0.25, 0.3) is 12.3 Å². The maximum atomic E-state index is 13.4. The molecule has 1 heterocycles. The Morgan fingerprint density at radius 2 is 2.00 bits per heavy atom. The first kappa shape index (κ1) is 20.4. The molecule has 0 atom stereocenters. The summed E-state index contributed by atoms with van der Waals surface area (Å²) in [6.45, 7) is 0.416. The van der Waals surface area contributed by atoms with Gasteiger partial charge < -0.3 is 5.32 Å². The number of carbonyl (C=O) groups excluding carboxylic acids is 1. The molecule has 3 rings (SSSR count). The molecule has 0 unspecified atom stereocenters. The number of carbonyl (C=O) groups is 1. The van der Waals surface area contributed by atoms with E-state index in [9.17, 15) is 22.0 Å². The first-order chi connectivity index (χ1) is 13.3. The largest absolute Gasteiger partial charge is 0.321 e. The smallest absolute Gasteiger partial charge is 0.274 e. The summed E-state index contributed by atoms with van der Waals surface area (Å²) in [6, 6.07) is 5.70. The highest BCUT2D eigenvalue weighted by Crippen LogP contribution is 2.28. The van der Waals surface area contributed by atoms with Crippen molar-refractivity contribution in [3.63, 3.8) is 0 Å². The second-order valence-electron chi connectivity index (χ2n) is 7.19. The van der Waals surface area contributed by atoms with Gasteiger partial charge in [-0.2, -0.15) is 5.10 Å². The van der Waals surface area contributed by atoms with Crippen LogP contribution in [-0.2, 0) is 16.4 Å². The van der Waals surface area contributed by atoms with Crippen LogP contribution >= 0.6 is 0 Å². The summed E-state index contributed by atoms with van der Waals surface area (Å²) in [7, 11) is -3.45. The highest BCUT2D eigenvalue weighted by molar-refractivity contribution is 7.90. The van der Waals surface area contributed by atoms with Crippen LogP contribution in [0.5, 0.6) is 0 Å². The van der Waals surface area contributed by atoms with Gasteiger partial charge in [-0.15, -0.1) is 0 Å². The van der Waals surface area contributed by atoms with Crippen LogP contribution in [0, 0.1) is 5.92 Å². The van der Waals surface area contributed by atoms with E-state index >= 15 is 0 Å². The zero-order chi connectivity index (χ0) is 20.3. The Hall–Kier alpha value is -2.29. The number of hydrogen-bond acceptors (Lipinski definition) is 4. The molecule has 0 bridgehead atoms. The highest BCUT2D eigenvalue weighted by atomic mass is 32.2. The number of sulfone groups is 1. The lowest BCUT2D eigenvalue weighted by atomic mass is 9.89. The molecule has 0 spiro atoms. The molecule has 6 nitrogen and oxygen atoms in total. The monoisotopic (exact) mass is 411 g/mol. The Labute approximate surface area is 162 Å². The van der Waals surface area contributed by atoms with Crippen LogP contribution in [0.25, 0.3) is 0 Å². The lowest BCUT2D eigenvalue weighted by molar-refractivity contribution is 0.0995. The Balaban J connectivity index is 1.86. The van der Waals surface area contributed by atoms with Crippen molar-refractivity contribution in [2.75, 3.05) is 11.6 Å². The van der Waals surface area contributed by atoms with Gasteiger partial charge in [0.15, 0.2) is 9.84 Å². The van der Waals surface area contributed by atoms with Gasteiger partial charge in [-0.1, -0.05) is 25.3 Å². The third-order valence-electron chi connectivity index (χ3n) is 4.99. The third kappa shape index (κ3) is 4.76. The molecule has 1 saturated carbocycles. The van der Waals surface area contributed by atoms with Crippen LogP contribution in [0.3, 0.4) is 0 Å². The Bertz CT molecular complexity index is 951. The summed E-state index contributed by atoms with van der Waals surface area (Å²) in [6.07, 6.45) is 4.59. The maximum absolute atomic E-state index is 13.4. The second-order valence-corrected chi connectivity index (χ2v) is 9.21. The van der Waals surface area contributed by atoms with Crippen LogP contribution in [0.1, 0.15) is 54.6 Å². The van der Waals surface area contributed by atoms with Crippen molar-refractivity contribution in [3.8, 4) is 0 Å². The lowest BCUT2D eigenvalue weighted by Crippen LogP contribution is -2.23. The number of nitrogens with zero attached hydrogens (tertiary/aromatic N) is 2. The van der Waals surface area contributed by atoms with Gasteiger partial charge in [0, 0.05) is 18.5 Å². The molecular weight excluding hydrogens is 388 g/mol. The van der Waals surface area contributed by atoms with E-state index in [1.54, 1.807) is 0 Å². The zero-order valence-corrected chi connectivity index (χ0v) is 16.4. The van der Waals surface area contributed by atoms with E-state index in [4.69, 9.17) is 0 Å². The molecule has 2 aromatic rings. The van der Waals surface area contributed by atoms with Crippen molar-refractivity contribution in [2.45, 2.75) is 50.0 Å². The number of hydrogen-bond donors (Lipinski definition) is 1. The number of alkyl halides is 2. The van der Waals surface area contributed by atoms with Gasteiger partial charge in [0.1, 0.15) is 5.69 Å². The number of nitrogens with one attached hydrogen (secondary N) is 1. The molecule has 0 saturated heterocycles. The predicted molar refractivity (Wildman–Crippen MR) is 101 cm³/mol. The second kappa shape index (κ2) is 8.38. The highest BCUT2D eigenvalue weighted by Gasteiger charge is 2.26. The summed E-state index contributed by atoms with van der Waals surface area (Å²) in [4.78, 5) is 12.8. The quantitative estimate of drug-likeness (QED) is 0.777. The van der Waals surface area contributed by atoms with Gasteiger partial charge in [0.2, 0.25) is 0 Å². The maximum Gasteiger partial charge on any atom is 0.274 e. The average Bonchev–Trinajstić information content (AvgIpc) is 3.06. The fraction of sp³-hybridized carbons (Fsp3) is 0.474. The summed E-state index contributed by atoms with van der Waals surface area (Å²) in [5, 5.41) is 6.56. The van der Waals surface area contributed by atoms with Crippen molar-refractivity contribution < 1.29 is 22.0 Å². The van der Waals surface area contributed by atoms with Crippen molar-refractivity contribution >= 4 is 21.4 Å². The standard InChI is InChI=1S/C19H23F2N3O3S/c1-28(26,27)15-9-5-8-14(10-15)23-19(25)17-16(18(20)21)11-22-24(17)12-13-6-3-2-4-7-13/h5,8-11,13,18H,2-4,6-7,12H2,1H3,(H,23,25). The van der Waals surface area contributed by atoms with E-state index in [0.717, 1.165) is 38.1 Å².